The number of rotatable bonds is 7. The van der Waals surface area contributed by atoms with Crippen molar-refractivity contribution in [2.45, 2.75) is 13.8 Å². The fourth-order valence-corrected chi connectivity index (χ4v) is 3.49. The first-order valence-corrected chi connectivity index (χ1v) is 12.3. The normalized spacial score (nSPS) is 9.42. The summed E-state index contributed by atoms with van der Waals surface area (Å²) >= 11 is 0. The lowest BCUT2D eigenvalue weighted by Crippen LogP contribution is -2.15. The van der Waals surface area contributed by atoms with Gasteiger partial charge in [0, 0.05) is 0 Å². The van der Waals surface area contributed by atoms with Gasteiger partial charge in [-0.2, -0.15) is 0 Å². The minimum Gasteiger partial charge on any atom is -0.458 e. The van der Waals surface area contributed by atoms with Gasteiger partial charge in [-0.3, -0.25) is 0 Å². The predicted octanol–water partition coefficient (Wildman–Crippen LogP) is 8.42. The van der Waals surface area contributed by atoms with Crippen molar-refractivity contribution in [2.24, 2.45) is 0 Å². The topological polar surface area (TPSA) is 52.6 Å². The second-order valence-corrected chi connectivity index (χ2v) is 7.91. The van der Waals surface area contributed by atoms with E-state index in [0.717, 1.165) is 22.3 Å². The molecule has 0 aliphatic heterocycles. The highest BCUT2D eigenvalue weighted by molar-refractivity contribution is 5.98. The highest BCUT2D eigenvalue weighted by Crippen LogP contribution is 2.25. The molecule has 0 aliphatic carbocycles. The zero-order valence-electron chi connectivity index (χ0n) is 22.0. The van der Waals surface area contributed by atoms with Gasteiger partial charge in [-0.1, -0.05) is 109 Å². The van der Waals surface area contributed by atoms with Crippen LogP contribution in [0.1, 0.15) is 34.6 Å². The quantitative estimate of drug-likeness (QED) is 0.143. The molecular formula is C34H34O4. The third kappa shape index (κ3) is 9.07. The smallest absolute Gasteiger partial charge is 0.338 e. The summed E-state index contributed by atoms with van der Waals surface area (Å²) in [7, 11) is 0. The molecule has 0 N–H and O–H groups in total. The van der Waals surface area contributed by atoms with Crippen molar-refractivity contribution in [3.63, 3.8) is 0 Å². The fraction of sp³-hybridized carbons (Fsp3) is 0.118. The van der Waals surface area contributed by atoms with Crippen LogP contribution in [-0.2, 0) is 9.47 Å². The van der Waals surface area contributed by atoms with Gasteiger partial charge in [0.15, 0.2) is 0 Å². The van der Waals surface area contributed by atoms with E-state index in [2.05, 4.69) is 13.2 Å². The van der Waals surface area contributed by atoms with Gasteiger partial charge < -0.3 is 9.47 Å². The number of hydrogen-bond donors (Lipinski definition) is 0. The fourth-order valence-electron chi connectivity index (χ4n) is 3.49. The van der Waals surface area contributed by atoms with Crippen molar-refractivity contribution >= 4 is 11.9 Å². The van der Waals surface area contributed by atoms with Crippen molar-refractivity contribution in [1.29, 1.82) is 0 Å². The van der Waals surface area contributed by atoms with E-state index in [9.17, 15) is 9.59 Å². The summed E-state index contributed by atoms with van der Waals surface area (Å²) < 4.78 is 10.8. The van der Waals surface area contributed by atoms with Crippen molar-refractivity contribution in [2.75, 3.05) is 13.2 Å². The van der Waals surface area contributed by atoms with Gasteiger partial charge in [0.2, 0.25) is 0 Å². The van der Waals surface area contributed by atoms with E-state index < -0.39 is 11.9 Å². The first-order valence-electron chi connectivity index (χ1n) is 12.3. The van der Waals surface area contributed by atoms with E-state index in [1.165, 1.54) is 0 Å². The summed E-state index contributed by atoms with van der Waals surface area (Å²) in [4.78, 5) is 25.3. The minimum atomic E-state index is -0.454. The molecule has 0 heterocycles. The summed E-state index contributed by atoms with van der Waals surface area (Å²) in [6, 6.07) is 33.9. The van der Waals surface area contributed by atoms with Crippen LogP contribution in [0.25, 0.3) is 22.3 Å². The van der Waals surface area contributed by atoms with E-state index in [-0.39, 0.29) is 13.2 Å². The number of ether oxygens (including phenoxy) is 2. The second kappa shape index (κ2) is 16.9. The zero-order chi connectivity index (χ0) is 27.6. The molecule has 38 heavy (non-hydrogen) atoms. The van der Waals surface area contributed by atoms with Crippen molar-refractivity contribution in [3.8, 4) is 22.3 Å². The van der Waals surface area contributed by atoms with Gasteiger partial charge in [0.1, 0.15) is 13.2 Å². The number of carbonyl (C=O) groups excluding carboxylic acids is 2. The van der Waals surface area contributed by atoms with Gasteiger partial charge in [-0.05, 0) is 48.2 Å². The molecule has 0 aromatic heterocycles. The molecular weight excluding hydrogens is 472 g/mol. The number of benzene rings is 4. The molecule has 4 heteroatoms. The Bertz CT molecular complexity index is 1190. The molecule has 0 bridgehead atoms. The van der Waals surface area contributed by atoms with E-state index in [1.807, 2.05) is 98.8 Å². The van der Waals surface area contributed by atoms with Crippen molar-refractivity contribution < 1.29 is 19.1 Å². The van der Waals surface area contributed by atoms with Crippen LogP contribution in [0.3, 0.4) is 0 Å². The molecule has 194 valence electrons. The number of allylic oxidation sites excluding steroid dienone is 2. The number of hydrogen-bond acceptors (Lipinski definition) is 4. The molecule has 0 saturated carbocycles. The largest absolute Gasteiger partial charge is 0.458 e. The summed E-state index contributed by atoms with van der Waals surface area (Å²) in [6.07, 6.45) is 3.50. The lowest BCUT2D eigenvalue weighted by Gasteiger charge is -2.11. The molecule has 4 aromatic carbocycles. The Labute approximate surface area is 225 Å². The third-order valence-corrected chi connectivity index (χ3v) is 5.01. The van der Waals surface area contributed by atoms with Crippen LogP contribution >= 0.6 is 0 Å². The Balaban J connectivity index is 0.000000773. The average molecular weight is 507 g/mol. The molecule has 0 saturated heterocycles. The highest BCUT2D eigenvalue weighted by atomic mass is 16.6. The molecule has 0 atom stereocenters. The monoisotopic (exact) mass is 506 g/mol. The Morgan fingerprint density at radius 2 is 0.842 bits per heavy atom. The van der Waals surface area contributed by atoms with Crippen LogP contribution in [0, 0.1) is 0 Å². The van der Waals surface area contributed by atoms with Crippen LogP contribution in [0.2, 0.25) is 0 Å². The maximum absolute atomic E-state index is 12.6. The number of esters is 2. The Hall–Kier alpha value is -4.70. The average Bonchev–Trinajstić information content (AvgIpc) is 2.97. The molecule has 0 fully saturated rings. The van der Waals surface area contributed by atoms with Gasteiger partial charge in [-0.15, -0.1) is 13.2 Å². The predicted molar refractivity (Wildman–Crippen MR) is 156 cm³/mol. The molecule has 4 rings (SSSR count). The van der Waals surface area contributed by atoms with Crippen molar-refractivity contribution in [1.82, 2.24) is 0 Å². The van der Waals surface area contributed by atoms with Gasteiger partial charge in [-0.25, -0.2) is 9.59 Å². The van der Waals surface area contributed by atoms with Gasteiger partial charge in [0.25, 0.3) is 0 Å². The summed E-state index contributed by atoms with van der Waals surface area (Å²) in [6.45, 7) is 10.4. The summed E-state index contributed by atoms with van der Waals surface area (Å²) in [5.41, 5.74) is 4.41. The SMILES string of the molecule is C=CC.C=CC.O=C(OCCOC(=O)c1ccccc1-c1ccccc1)c1ccccc1-c1ccccc1. The molecule has 0 unspecified atom stereocenters. The Morgan fingerprint density at radius 1 is 0.553 bits per heavy atom. The van der Waals surface area contributed by atoms with E-state index in [4.69, 9.17) is 9.47 Å². The second-order valence-electron chi connectivity index (χ2n) is 7.91. The summed E-state index contributed by atoms with van der Waals surface area (Å²) in [5, 5.41) is 0. The maximum atomic E-state index is 12.6. The van der Waals surface area contributed by atoms with Crippen LogP contribution in [0.15, 0.2) is 135 Å². The van der Waals surface area contributed by atoms with E-state index >= 15 is 0 Å². The molecule has 0 spiro atoms. The minimum absolute atomic E-state index is 0.0266. The molecule has 4 aromatic rings. The van der Waals surface area contributed by atoms with Crippen LogP contribution in [0.4, 0.5) is 0 Å². The third-order valence-electron chi connectivity index (χ3n) is 5.01. The van der Waals surface area contributed by atoms with E-state index in [0.29, 0.717) is 11.1 Å². The Morgan fingerprint density at radius 3 is 1.18 bits per heavy atom. The van der Waals surface area contributed by atoms with Gasteiger partial charge in [0.05, 0.1) is 11.1 Å². The molecule has 4 nitrogen and oxygen atoms in total. The lowest BCUT2D eigenvalue weighted by molar-refractivity contribution is 0.0266. The number of carbonyl (C=O) groups is 2. The lowest BCUT2D eigenvalue weighted by atomic mass is 10.00. The summed E-state index contributed by atoms with van der Waals surface area (Å²) in [5.74, 6) is -0.907. The van der Waals surface area contributed by atoms with Crippen LogP contribution in [0.5, 0.6) is 0 Å². The first-order chi connectivity index (χ1) is 18.6. The highest BCUT2D eigenvalue weighted by Gasteiger charge is 2.16. The Kier molecular flexibility index (Phi) is 13.1. The zero-order valence-corrected chi connectivity index (χ0v) is 22.0. The molecule has 0 radical (unpaired) electrons. The van der Waals surface area contributed by atoms with Gasteiger partial charge >= 0.3 is 11.9 Å². The van der Waals surface area contributed by atoms with E-state index in [1.54, 1.807) is 36.4 Å². The van der Waals surface area contributed by atoms with Crippen LogP contribution in [-0.4, -0.2) is 25.2 Å². The first kappa shape index (κ1) is 29.5. The molecule has 0 amide bonds. The maximum Gasteiger partial charge on any atom is 0.338 e. The van der Waals surface area contributed by atoms with Crippen LogP contribution < -0.4 is 0 Å². The standard InChI is InChI=1S/C28H22O4.2C3H6/c29-27(25-17-9-7-15-23(25)21-11-3-1-4-12-21)31-19-20-32-28(30)26-18-10-8-16-24(26)22-13-5-2-6-14-22;2*1-3-2/h1-18H,19-20H2;2*3H,1H2,2H3. The van der Waals surface area contributed by atoms with Crippen molar-refractivity contribution in [3.05, 3.63) is 146 Å². The molecule has 0 aliphatic rings.